The lowest BCUT2D eigenvalue weighted by molar-refractivity contribution is -0.0446. The van der Waals surface area contributed by atoms with Crippen LogP contribution in [-0.4, -0.2) is 0 Å². The van der Waals surface area contributed by atoms with Crippen molar-refractivity contribution in [1.29, 1.82) is 0 Å². The summed E-state index contributed by atoms with van der Waals surface area (Å²) in [7, 11) is 0. The second kappa shape index (κ2) is 6.48. The van der Waals surface area contributed by atoms with Crippen molar-refractivity contribution in [3.05, 3.63) is 11.6 Å². The van der Waals surface area contributed by atoms with E-state index >= 15 is 0 Å². The van der Waals surface area contributed by atoms with Gasteiger partial charge in [0.1, 0.15) is 0 Å². The van der Waals surface area contributed by atoms with Crippen LogP contribution in [0.1, 0.15) is 93.4 Å². The summed E-state index contributed by atoms with van der Waals surface area (Å²) >= 11 is 0. The summed E-state index contributed by atoms with van der Waals surface area (Å²) in [5.41, 5.74) is 2.82. The van der Waals surface area contributed by atoms with Crippen molar-refractivity contribution in [2.24, 2.45) is 46.3 Å². The summed E-state index contributed by atoms with van der Waals surface area (Å²) in [5, 5.41) is 0. The predicted molar refractivity (Wildman–Crippen MR) is 106 cm³/mol. The maximum atomic E-state index is 2.67. The minimum atomic E-state index is 0.477. The maximum absolute atomic E-state index is 2.67. The van der Waals surface area contributed by atoms with Crippen molar-refractivity contribution in [2.75, 3.05) is 0 Å². The normalized spacial score (nSPS) is 45.3. The lowest BCUT2D eigenvalue weighted by Gasteiger charge is -2.57. The SMILES string of the molecule is CC1=CCC2C(CCC3(C)C(C(C)C)CCC23)C1(C)CCC(C)C. The molecule has 0 radical (unpaired) electrons. The van der Waals surface area contributed by atoms with Crippen LogP contribution in [0.2, 0.25) is 0 Å². The molecule has 0 aromatic heterocycles. The minimum Gasteiger partial charge on any atom is -0.0848 e. The number of allylic oxidation sites excluding steroid dienone is 2. The van der Waals surface area contributed by atoms with Crippen molar-refractivity contribution in [1.82, 2.24) is 0 Å². The van der Waals surface area contributed by atoms with Gasteiger partial charge in [0.15, 0.2) is 0 Å². The highest BCUT2D eigenvalue weighted by Gasteiger charge is 2.57. The third-order valence-corrected chi connectivity index (χ3v) is 8.97. The molecule has 0 aromatic carbocycles. The summed E-state index contributed by atoms with van der Waals surface area (Å²) in [6.07, 6.45) is 12.8. The van der Waals surface area contributed by atoms with Gasteiger partial charge >= 0.3 is 0 Å². The first-order valence-corrected chi connectivity index (χ1v) is 10.9. The molecule has 24 heavy (non-hydrogen) atoms. The Balaban J connectivity index is 1.86. The van der Waals surface area contributed by atoms with Crippen LogP contribution >= 0.6 is 0 Å². The Bertz CT molecular complexity index is 484. The molecule has 0 aliphatic heterocycles. The Morgan fingerprint density at radius 3 is 2.38 bits per heavy atom. The van der Waals surface area contributed by atoms with Gasteiger partial charge in [-0.2, -0.15) is 0 Å². The Labute approximate surface area is 151 Å². The second-order valence-electron chi connectivity index (χ2n) is 10.8. The molecule has 0 spiro atoms. The van der Waals surface area contributed by atoms with Gasteiger partial charge in [0.25, 0.3) is 0 Å². The lowest BCUT2D eigenvalue weighted by atomic mass is 9.48. The van der Waals surface area contributed by atoms with Crippen LogP contribution in [0.3, 0.4) is 0 Å². The third-order valence-electron chi connectivity index (χ3n) is 8.97. The molecular weight excluding hydrogens is 288 g/mol. The van der Waals surface area contributed by atoms with Crippen molar-refractivity contribution >= 4 is 0 Å². The predicted octanol–water partition coefficient (Wildman–Crippen LogP) is 7.49. The highest BCUT2D eigenvalue weighted by Crippen LogP contribution is 2.66. The fourth-order valence-corrected chi connectivity index (χ4v) is 7.35. The highest BCUT2D eigenvalue weighted by atomic mass is 14.6. The Hall–Kier alpha value is -0.260. The second-order valence-corrected chi connectivity index (χ2v) is 10.8. The molecule has 6 atom stereocenters. The highest BCUT2D eigenvalue weighted by molar-refractivity contribution is 5.21. The molecule has 0 saturated heterocycles. The van der Waals surface area contributed by atoms with Crippen LogP contribution in [0, 0.1) is 46.3 Å². The largest absolute Gasteiger partial charge is 0.0848 e. The quantitative estimate of drug-likeness (QED) is 0.468. The molecule has 3 aliphatic rings. The van der Waals surface area contributed by atoms with E-state index in [0.29, 0.717) is 10.8 Å². The van der Waals surface area contributed by atoms with Crippen molar-refractivity contribution in [3.8, 4) is 0 Å². The van der Waals surface area contributed by atoms with Gasteiger partial charge in [-0.3, -0.25) is 0 Å². The molecule has 0 heteroatoms. The Morgan fingerprint density at radius 2 is 1.75 bits per heavy atom. The van der Waals surface area contributed by atoms with E-state index in [9.17, 15) is 0 Å². The number of rotatable bonds is 4. The molecule has 0 bridgehead atoms. The van der Waals surface area contributed by atoms with Crippen molar-refractivity contribution < 1.29 is 0 Å². The smallest absolute Gasteiger partial charge is 0.00880 e. The Morgan fingerprint density at radius 1 is 1.04 bits per heavy atom. The molecule has 3 rings (SSSR count). The zero-order valence-corrected chi connectivity index (χ0v) is 17.5. The molecule has 138 valence electrons. The molecule has 2 fully saturated rings. The molecule has 0 amide bonds. The monoisotopic (exact) mass is 330 g/mol. The summed E-state index contributed by atoms with van der Waals surface area (Å²) in [4.78, 5) is 0. The molecular formula is C24H42. The number of hydrogen-bond donors (Lipinski definition) is 0. The van der Waals surface area contributed by atoms with Gasteiger partial charge in [0.2, 0.25) is 0 Å². The van der Waals surface area contributed by atoms with Crippen molar-refractivity contribution in [2.45, 2.75) is 93.4 Å². The number of fused-ring (bicyclic) bond motifs is 3. The fourth-order valence-electron chi connectivity index (χ4n) is 7.35. The first kappa shape index (κ1) is 18.5. The summed E-state index contributed by atoms with van der Waals surface area (Å²) < 4.78 is 0. The molecule has 0 heterocycles. The van der Waals surface area contributed by atoms with Crippen LogP contribution in [0.5, 0.6) is 0 Å². The van der Waals surface area contributed by atoms with Gasteiger partial charge in [0, 0.05) is 0 Å². The van der Waals surface area contributed by atoms with E-state index in [1.54, 1.807) is 5.57 Å². The molecule has 6 unspecified atom stereocenters. The van der Waals surface area contributed by atoms with E-state index in [-0.39, 0.29) is 0 Å². The van der Waals surface area contributed by atoms with Crippen LogP contribution < -0.4 is 0 Å². The molecule has 0 nitrogen and oxygen atoms in total. The van der Waals surface area contributed by atoms with Gasteiger partial charge in [-0.1, -0.05) is 59.6 Å². The molecule has 3 aliphatic carbocycles. The molecule has 2 saturated carbocycles. The van der Waals surface area contributed by atoms with Gasteiger partial charge < -0.3 is 0 Å². The van der Waals surface area contributed by atoms with E-state index in [1.165, 1.54) is 44.9 Å². The van der Waals surface area contributed by atoms with E-state index in [0.717, 1.165) is 35.5 Å². The standard InChI is InChI=1S/C24H42/c1-16(2)12-14-23(6)18(5)8-9-19-21-11-10-20(17(3)4)24(21,7)15-13-22(19)23/h8,16-17,19-22H,9-15H2,1-7H3. The van der Waals surface area contributed by atoms with E-state index < -0.39 is 0 Å². The summed E-state index contributed by atoms with van der Waals surface area (Å²) in [6, 6.07) is 0. The lowest BCUT2D eigenvalue weighted by Crippen LogP contribution is -2.49. The van der Waals surface area contributed by atoms with E-state index in [2.05, 4.69) is 54.5 Å². The average molecular weight is 331 g/mol. The molecule has 0 N–H and O–H groups in total. The van der Waals surface area contributed by atoms with E-state index in [1.807, 2.05) is 0 Å². The minimum absolute atomic E-state index is 0.477. The average Bonchev–Trinajstić information content (AvgIpc) is 2.86. The zero-order chi connectivity index (χ0) is 17.7. The van der Waals surface area contributed by atoms with Gasteiger partial charge in [-0.15, -0.1) is 0 Å². The van der Waals surface area contributed by atoms with Crippen LogP contribution in [-0.2, 0) is 0 Å². The summed E-state index contributed by atoms with van der Waals surface area (Å²) in [5.74, 6) is 5.58. The van der Waals surface area contributed by atoms with Crippen LogP contribution in [0.4, 0.5) is 0 Å². The van der Waals surface area contributed by atoms with Gasteiger partial charge in [-0.05, 0) is 91.8 Å². The van der Waals surface area contributed by atoms with Crippen LogP contribution in [0.15, 0.2) is 11.6 Å². The Kier molecular flexibility index (Phi) is 5.00. The number of hydrogen-bond acceptors (Lipinski definition) is 0. The van der Waals surface area contributed by atoms with Gasteiger partial charge in [0.05, 0.1) is 0 Å². The van der Waals surface area contributed by atoms with Crippen molar-refractivity contribution in [3.63, 3.8) is 0 Å². The zero-order valence-electron chi connectivity index (χ0n) is 17.5. The van der Waals surface area contributed by atoms with Crippen LogP contribution in [0.25, 0.3) is 0 Å². The van der Waals surface area contributed by atoms with Gasteiger partial charge in [-0.25, -0.2) is 0 Å². The molecule has 0 aromatic rings. The first-order chi connectivity index (χ1) is 11.2. The van der Waals surface area contributed by atoms with E-state index in [4.69, 9.17) is 0 Å². The fraction of sp³-hybridized carbons (Fsp3) is 0.917. The third kappa shape index (κ3) is 2.80. The topological polar surface area (TPSA) is 0 Å². The first-order valence-electron chi connectivity index (χ1n) is 10.9. The summed E-state index contributed by atoms with van der Waals surface area (Å²) in [6.45, 7) is 17.5. The maximum Gasteiger partial charge on any atom is -0.00880 e.